The fourth-order valence-corrected chi connectivity index (χ4v) is 10.7. The van der Waals surface area contributed by atoms with E-state index in [4.69, 9.17) is 25.8 Å². The molecule has 5 aliphatic rings. The minimum absolute atomic E-state index is 0.208. The number of anilines is 1. The molecule has 0 unspecified atom stereocenters. The van der Waals surface area contributed by atoms with Crippen LogP contribution in [0.1, 0.15) is 80.8 Å². The lowest BCUT2D eigenvalue weighted by atomic mass is 9.63. The highest BCUT2D eigenvalue weighted by atomic mass is 35.5. The van der Waals surface area contributed by atoms with E-state index in [0.29, 0.717) is 37.0 Å². The van der Waals surface area contributed by atoms with Crippen LogP contribution in [0, 0.1) is 17.8 Å². The number of hydrogen-bond donors (Lipinski definition) is 1. The van der Waals surface area contributed by atoms with Gasteiger partial charge in [0.15, 0.2) is 0 Å². The van der Waals surface area contributed by atoms with E-state index in [1.54, 1.807) is 13.0 Å². The van der Waals surface area contributed by atoms with Gasteiger partial charge in [-0.3, -0.25) is 9.69 Å². The second kappa shape index (κ2) is 15.0. The first-order valence-corrected chi connectivity index (χ1v) is 20.9. The van der Waals surface area contributed by atoms with Crippen LogP contribution in [0.4, 0.5) is 5.69 Å². The number of hydrogen-bond acceptors (Lipinski definition) is 8. The Hall–Kier alpha value is -2.63. The molecule has 2 aromatic carbocycles. The largest absolute Gasteiger partial charge is 0.490 e. The molecule has 0 radical (unpaired) electrons. The van der Waals surface area contributed by atoms with Gasteiger partial charge in [-0.15, -0.1) is 0 Å². The van der Waals surface area contributed by atoms with Gasteiger partial charge in [-0.05, 0) is 111 Å². The number of sulfonamides is 1. The lowest BCUT2D eigenvalue weighted by molar-refractivity contribution is -0.107. The van der Waals surface area contributed by atoms with E-state index in [1.807, 2.05) is 25.1 Å². The molecule has 2 aliphatic carbocycles. The average Bonchev–Trinajstić information content (AvgIpc) is 3.26. The number of amides is 1. The van der Waals surface area contributed by atoms with Gasteiger partial charge < -0.3 is 19.1 Å². The number of nitrogens with one attached hydrogen (secondary N) is 1. The smallest absolute Gasteiger partial charge is 0.264 e. The molecule has 3 heterocycles. The molecule has 11 heteroatoms. The van der Waals surface area contributed by atoms with E-state index in [-0.39, 0.29) is 11.3 Å². The van der Waals surface area contributed by atoms with Gasteiger partial charge >= 0.3 is 0 Å². The van der Waals surface area contributed by atoms with E-state index in [2.05, 4.69) is 45.7 Å². The van der Waals surface area contributed by atoms with Crippen LogP contribution in [0.5, 0.6) is 5.75 Å². The Morgan fingerprint density at radius 1 is 1.10 bits per heavy atom. The minimum Gasteiger partial charge on any atom is -0.490 e. The van der Waals surface area contributed by atoms with Crippen LogP contribution in [-0.2, 0) is 31.3 Å². The topological polar surface area (TPSA) is 97.4 Å². The van der Waals surface area contributed by atoms with E-state index >= 15 is 0 Å². The van der Waals surface area contributed by atoms with Crippen LogP contribution in [0.25, 0.3) is 0 Å². The zero-order valence-electron chi connectivity index (χ0n) is 30.4. The van der Waals surface area contributed by atoms with E-state index < -0.39 is 26.8 Å². The lowest BCUT2D eigenvalue weighted by Crippen LogP contribution is -2.53. The molecule has 1 spiro atoms. The Kier molecular flexibility index (Phi) is 10.8. The zero-order valence-corrected chi connectivity index (χ0v) is 31.9. The van der Waals surface area contributed by atoms with Crippen molar-refractivity contribution in [3.63, 3.8) is 0 Å². The monoisotopic (exact) mass is 739 g/mol. The Morgan fingerprint density at radius 3 is 2.69 bits per heavy atom. The van der Waals surface area contributed by atoms with Crippen molar-refractivity contribution in [1.29, 1.82) is 0 Å². The predicted octanol–water partition coefficient (Wildman–Crippen LogP) is 6.38. The normalized spacial score (nSPS) is 33.2. The number of rotatable bonds is 5. The molecule has 7 rings (SSSR count). The molecule has 6 atom stereocenters. The molecule has 3 aliphatic heterocycles. The minimum atomic E-state index is -3.94. The third-order valence-corrected chi connectivity index (χ3v) is 14.8. The molecule has 9 nitrogen and oxygen atoms in total. The molecule has 51 heavy (non-hydrogen) atoms. The Labute approximate surface area is 309 Å². The van der Waals surface area contributed by atoms with E-state index in [1.165, 1.54) is 11.1 Å². The Balaban J connectivity index is 1.27. The fraction of sp³-hybridized carbons (Fsp3) is 0.625. The number of aryl methyl sites for hydroxylation is 1. The second-order valence-electron chi connectivity index (χ2n) is 15.6. The molecule has 0 aromatic heterocycles. The molecule has 2 fully saturated rings. The van der Waals surface area contributed by atoms with Gasteiger partial charge in [-0.1, -0.05) is 43.7 Å². The van der Waals surface area contributed by atoms with Crippen molar-refractivity contribution >= 4 is 33.2 Å². The molecular weight excluding hydrogens is 686 g/mol. The van der Waals surface area contributed by atoms with Crippen molar-refractivity contribution < 1.29 is 27.4 Å². The van der Waals surface area contributed by atoms with Crippen LogP contribution in [0.15, 0.2) is 48.6 Å². The maximum absolute atomic E-state index is 13.6. The molecule has 1 amide bonds. The maximum Gasteiger partial charge on any atom is 0.264 e. The fourth-order valence-electron chi connectivity index (χ4n) is 9.18. The van der Waals surface area contributed by atoms with Gasteiger partial charge in [0.2, 0.25) is 10.0 Å². The highest BCUT2D eigenvalue weighted by Crippen LogP contribution is 2.50. The number of halogens is 1. The van der Waals surface area contributed by atoms with Gasteiger partial charge in [-0.2, -0.15) is 0 Å². The Bertz CT molecular complexity index is 1730. The summed E-state index contributed by atoms with van der Waals surface area (Å²) in [6.07, 6.45) is 10.9. The number of allylic oxidation sites excluding steroid dienone is 1. The number of fused-ring (bicyclic) bond motifs is 4. The quantitative estimate of drug-likeness (QED) is 0.353. The first-order valence-electron chi connectivity index (χ1n) is 19.0. The van der Waals surface area contributed by atoms with Crippen molar-refractivity contribution in [3.05, 3.63) is 70.3 Å². The first-order chi connectivity index (χ1) is 24.5. The molecule has 1 saturated heterocycles. The summed E-state index contributed by atoms with van der Waals surface area (Å²) in [6, 6.07) is 11.6. The van der Waals surface area contributed by atoms with E-state index in [0.717, 1.165) is 101 Å². The summed E-state index contributed by atoms with van der Waals surface area (Å²) in [5.74, 6) is 0.544. The molecule has 1 saturated carbocycles. The summed E-state index contributed by atoms with van der Waals surface area (Å²) in [4.78, 5) is 18.4. The number of carbonyl (C=O) groups is 1. The predicted molar refractivity (Wildman–Crippen MR) is 201 cm³/mol. The molecular formula is C40H54ClN3O6S. The number of ether oxygens (including phenoxy) is 3. The lowest BCUT2D eigenvalue weighted by Gasteiger charge is -2.51. The number of morpholine rings is 1. The van der Waals surface area contributed by atoms with Crippen LogP contribution in [-0.4, -0.2) is 89.2 Å². The van der Waals surface area contributed by atoms with Crippen molar-refractivity contribution in [2.24, 2.45) is 17.8 Å². The van der Waals surface area contributed by atoms with Crippen molar-refractivity contribution in [2.75, 3.05) is 64.1 Å². The third-order valence-electron chi connectivity index (χ3n) is 12.7. The summed E-state index contributed by atoms with van der Waals surface area (Å²) in [7, 11) is -3.94. The SMILES string of the molecule is CC[C@]1(OCCN2CCOCC2)/C=C/C[C@H](C)[C@@H](C)S(=O)(=O)NC(=O)c2ccc3c(c2)N(C[C@@H]2CC[C@H]21)C[C@@]1(CCCc2cc(Cl)ccc21)CO3. The molecule has 1 N–H and O–H groups in total. The first kappa shape index (κ1) is 36.7. The van der Waals surface area contributed by atoms with Crippen molar-refractivity contribution in [2.45, 2.75) is 82.0 Å². The number of nitrogens with zero attached hydrogens (tertiary/aromatic N) is 2. The Morgan fingerprint density at radius 2 is 1.92 bits per heavy atom. The number of benzene rings is 2. The second-order valence-corrected chi connectivity index (χ2v) is 18.1. The summed E-state index contributed by atoms with van der Waals surface area (Å²) in [5.41, 5.74) is 2.98. The molecule has 278 valence electrons. The molecule has 2 aromatic rings. The van der Waals surface area contributed by atoms with Crippen LogP contribution < -0.4 is 14.4 Å². The highest BCUT2D eigenvalue weighted by molar-refractivity contribution is 7.90. The summed E-state index contributed by atoms with van der Waals surface area (Å²) in [6.45, 7) is 12.7. The van der Waals surface area contributed by atoms with Gasteiger partial charge in [0.05, 0.1) is 43.0 Å². The van der Waals surface area contributed by atoms with Crippen molar-refractivity contribution in [1.82, 2.24) is 9.62 Å². The highest BCUT2D eigenvalue weighted by Gasteiger charge is 2.49. The zero-order chi connectivity index (χ0) is 35.8. The van der Waals surface area contributed by atoms with Crippen LogP contribution >= 0.6 is 11.6 Å². The van der Waals surface area contributed by atoms with E-state index in [9.17, 15) is 13.2 Å². The summed E-state index contributed by atoms with van der Waals surface area (Å²) < 4.78 is 48.8. The van der Waals surface area contributed by atoms with Gasteiger partial charge in [-0.25, -0.2) is 13.1 Å². The number of carbonyl (C=O) groups excluding carboxylic acids is 1. The van der Waals surface area contributed by atoms with Gasteiger partial charge in [0, 0.05) is 48.7 Å². The maximum atomic E-state index is 13.6. The van der Waals surface area contributed by atoms with Gasteiger partial charge in [0.25, 0.3) is 5.91 Å². The van der Waals surface area contributed by atoms with Crippen LogP contribution in [0.2, 0.25) is 5.02 Å². The summed E-state index contributed by atoms with van der Waals surface area (Å²) >= 11 is 6.49. The molecule has 2 bridgehead atoms. The average molecular weight is 740 g/mol. The van der Waals surface area contributed by atoms with Crippen LogP contribution in [0.3, 0.4) is 0 Å². The summed E-state index contributed by atoms with van der Waals surface area (Å²) in [5, 5.41) is -0.0213. The van der Waals surface area contributed by atoms with Gasteiger partial charge in [0.1, 0.15) is 5.75 Å². The standard InChI is InChI=1S/C40H54ClN3O6S/c1-4-40(50-22-19-43-17-20-48-21-18-43)16-5-7-28(2)29(3)51(46,47)42-38(45)31-10-14-37-36(24-31)44(25-32-9-12-35(32)40)26-39(27-49-37)15-6-8-30-23-33(41)11-13-34(30)39/h5,10-11,13-14,16,23-24,28-29,32,35H,4,6-9,12,15,17-22,25-27H2,1-3H3,(H,42,45)/b16-5+/t28-,29+,32-,35+,39-,40-/m0/s1. The third kappa shape index (κ3) is 7.45. The van der Waals surface area contributed by atoms with Crippen molar-refractivity contribution in [3.8, 4) is 5.75 Å².